The van der Waals surface area contributed by atoms with Gasteiger partial charge in [-0.1, -0.05) is 46.5 Å². The lowest BCUT2D eigenvalue weighted by molar-refractivity contribution is -0.172. The third-order valence-electron chi connectivity index (χ3n) is 13.9. The Labute approximate surface area is 470 Å². The number of unbranched alkanes of at least 4 members (excludes halogenated alkanes) is 2. The number of aryl methyl sites for hydroxylation is 1. The van der Waals surface area contributed by atoms with Crippen molar-refractivity contribution in [1.29, 1.82) is 0 Å². The molecule has 3 aromatic heterocycles. The SMILES string of the molecule is CCCN(CCC)CCCC[C@H](NC(=O)[C@@H](NC(=O)CCCC#Cc1cnc(S(C)(=O)=O)nc1)C(C)C)C(=O)NCC(=O)NCOCCCc1c2c(nc3cc4c(cc13)OCO4)-c1cc3c(c(=O)n1C2)COC(=O)[C@]3(O)CC.O=CO. The molecule has 81 heavy (non-hydrogen) atoms. The monoisotopic (exact) mass is 1140 g/mol. The fourth-order valence-corrected chi connectivity index (χ4v) is 10.3. The van der Waals surface area contributed by atoms with Crippen molar-refractivity contribution < 1.29 is 66.3 Å². The molecule has 6 N–H and O–H groups in total. The van der Waals surface area contributed by atoms with Crippen LogP contribution in [0.25, 0.3) is 22.3 Å². The molecule has 24 nitrogen and oxygen atoms in total. The highest BCUT2D eigenvalue weighted by Crippen LogP contribution is 2.43. The van der Waals surface area contributed by atoms with Crippen LogP contribution >= 0.6 is 0 Å². The number of sulfone groups is 1. The normalized spacial score (nSPS) is 15.4. The highest BCUT2D eigenvalue weighted by molar-refractivity contribution is 7.90. The smallest absolute Gasteiger partial charge is 0.343 e. The number of fused-ring (bicyclic) bond motifs is 6. The molecule has 0 spiro atoms. The number of nitrogens with one attached hydrogen (secondary N) is 4. The maximum atomic E-state index is 13.9. The number of hydrogen-bond donors (Lipinski definition) is 6. The average molecular weight is 1140 g/mol. The van der Waals surface area contributed by atoms with Crippen molar-refractivity contribution in [3.63, 3.8) is 0 Å². The second kappa shape index (κ2) is 29.3. The summed E-state index contributed by atoms with van der Waals surface area (Å²) in [7, 11) is -3.54. The van der Waals surface area contributed by atoms with Crippen LogP contribution in [0.15, 0.2) is 40.5 Å². The molecule has 4 aromatic rings. The molecule has 0 radical (unpaired) electrons. The molecule has 25 heteroatoms. The first-order valence-electron chi connectivity index (χ1n) is 27.2. The van der Waals surface area contributed by atoms with E-state index in [4.69, 9.17) is 33.8 Å². The van der Waals surface area contributed by atoms with E-state index in [1.54, 1.807) is 37.5 Å². The summed E-state index contributed by atoms with van der Waals surface area (Å²) in [6.07, 6.45) is 9.18. The van der Waals surface area contributed by atoms with E-state index >= 15 is 0 Å². The lowest BCUT2D eigenvalue weighted by atomic mass is 9.86. The van der Waals surface area contributed by atoms with Crippen molar-refractivity contribution in [1.82, 2.24) is 45.7 Å². The van der Waals surface area contributed by atoms with Crippen molar-refractivity contribution in [2.45, 2.75) is 141 Å². The third-order valence-corrected chi connectivity index (χ3v) is 14.8. The fourth-order valence-electron chi connectivity index (χ4n) is 9.78. The van der Waals surface area contributed by atoms with Crippen LogP contribution in [0.3, 0.4) is 0 Å². The van der Waals surface area contributed by atoms with E-state index in [-0.39, 0.29) is 92.8 Å². The number of carbonyl (C=O) groups is 6. The molecule has 4 amide bonds. The Bertz CT molecular complexity index is 3170. The van der Waals surface area contributed by atoms with Crippen LogP contribution in [0.4, 0.5) is 0 Å². The zero-order chi connectivity index (χ0) is 58.9. The zero-order valence-electron chi connectivity index (χ0n) is 46.7. The number of pyridine rings is 2. The standard InChI is InChI=1S/C55H71N9O13S.CH2O2/c1-7-20-63(21-8-2)22-14-13-18-41(61-51(68)48(34(4)5)62-46(65)19-12-10-11-16-35-27-57-54(58-28-35)78(6,72)73)50(67)56-29-47(66)59-32-74-23-15-17-36-37-24-44-45(77-33-76-44)26-42(37)60-49-38(36)30-64-43(49)25-40-39(52(64)69)31-75-53(70)55(40,71)9-3;2-1-3/h24-28,34,41,48,71H,7-10,12-15,17-23,29-33H2,1-6H3,(H,56,67)(H,59,66)(H,61,68)(H,62,65);1H,(H,2,3)/t41-,48-,55-;/m0./s1. The van der Waals surface area contributed by atoms with Crippen LogP contribution in [-0.4, -0.2) is 144 Å². The molecule has 0 saturated carbocycles. The summed E-state index contributed by atoms with van der Waals surface area (Å²) < 4.78 is 47.3. The number of hydrogen-bond acceptors (Lipinski definition) is 18. The van der Waals surface area contributed by atoms with E-state index in [1.807, 2.05) is 6.07 Å². The molecule has 1 aromatic carbocycles. The van der Waals surface area contributed by atoms with Crippen LogP contribution in [0, 0.1) is 17.8 Å². The van der Waals surface area contributed by atoms with Gasteiger partial charge in [-0.2, -0.15) is 0 Å². The molecule has 0 unspecified atom stereocenters. The number of ether oxygens (including phenoxy) is 4. The minimum Gasteiger partial charge on any atom is -0.483 e. The van der Waals surface area contributed by atoms with Gasteiger partial charge in [-0.25, -0.2) is 28.2 Å². The molecule has 3 aliphatic heterocycles. The number of aromatic nitrogens is 4. The van der Waals surface area contributed by atoms with Crippen LogP contribution in [0.1, 0.15) is 127 Å². The molecule has 3 aliphatic rings. The van der Waals surface area contributed by atoms with Crippen molar-refractivity contribution in [3.8, 4) is 34.7 Å². The summed E-state index contributed by atoms with van der Waals surface area (Å²) in [5.41, 5.74) is 1.85. The van der Waals surface area contributed by atoms with Crippen molar-refractivity contribution in [2.24, 2.45) is 5.92 Å². The second-order valence-corrected chi connectivity index (χ2v) is 22.1. The predicted octanol–water partition coefficient (Wildman–Crippen LogP) is 2.98. The van der Waals surface area contributed by atoms with E-state index in [1.165, 1.54) is 12.4 Å². The topological polar surface area (TPSA) is 326 Å². The number of esters is 1. The number of carbonyl (C=O) groups excluding carboxylic acids is 5. The molecule has 0 aliphatic carbocycles. The maximum Gasteiger partial charge on any atom is 0.343 e. The van der Waals surface area contributed by atoms with Crippen LogP contribution < -0.4 is 36.3 Å². The lowest BCUT2D eigenvalue weighted by Gasteiger charge is -2.31. The van der Waals surface area contributed by atoms with Gasteiger partial charge in [0.1, 0.15) is 25.4 Å². The van der Waals surface area contributed by atoms with E-state index in [0.717, 1.165) is 61.7 Å². The Hall–Kier alpha value is -7.53. The predicted molar refractivity (Wildman–Crippen MR) is 295 cm³/mol. The third kappa shape index (κ3) is 16.1. The summed E-state index contributed by atoms with van der Waals surface area (Å²) in [6.45, 7) is 11.7. The quantitative estimate of drug-likeness (QED) is 0.0110. The molecule has 3 atom stereocenters. The van der Waals surface area contributed by atoms with Gasteiger partial charge in [0.2, 0.25) is 45.4 Å². The first-order chi connectivity index (χ1) is 38.8. The number of amides is 4. The zero-order valence-corrected chi connectivity index (χ0v) is 47.5. The van der Waals surface area contributed by atoms with E-state index in [2.05, 4.69) is 61.8 Å². The number of benzene rings is 1. The highest BCUT2D eigenvalue weighted by atomic mass is 32.2. The first-order valence-corrected chi connectivity index (χ1v) is 29.1. The van der Waals surface area contributed by atoms with Gasteiger partial charge in [0.15, 0.2) is 17.1 Å². The lowest BCUT2D eigenvalue weighted by Crippen LogP contribution is -2.56. The summed E-state index contributed by atoms with van der Waals surface area (Å²) in [5.74, 6) is 3.77. The maximum absolute atomic E-state index is 13.9. The Morgan fingerprint density at radius 2 is 1.62 bits per heavy atom. The van der Waals surface area contributed by atoms with Crippen LogP contribution in [0.2, 0.25) is 0 Å². The Morgan fingerprint density at radius 1 is 0.914 bits per heavy atom. The van der Waals surface area contributed by atoms with Gasteiger partial charge in [-0.15, -0.1) is 0 Å². The van der Waals surface area contributed by atoms with Gasteiger partial charge in [0.05, 0.1) is 41.1 Å². The summed E-state index contributed by atoms with van der Waals surface area (Å²) in [6, 6.07) is 3.39. The molecule has 438 valence electrons. The van der Waals surface area contributed by atoms with Crippen LogP contribution in [0.5, 0.6) is 11.5 Å². The van der Waals surface area contributed by atoms with Crippen LogP contribution in [-0.2, 0) is 73.3 Å². The minimum atomic E-state index is -3.54. The largest absolute Gasteiger partial charge is 0.483 e. The minimum absolute atomic E-state index is 0.0153. The Balaban J connectivity index is 0.00000344. The highest BCUT2D eigenvalue weighted by Gasteiger charge is 2.45. The van der Waals surface area contributed by atoms with E-state index < -0.39 is 51.2 Å². The van der Waals surface area contributed by atoms with Gasteiger partial charge >= 0.3 is 5.97 Å². The van der Waals surface area contributed by atoms with Gasteiger partial charge in [0, 0.05) is 60.7 Å². The molecular formula is C56H73N9O15S. The Morgan fingerprint density at radius 3 is 2.28 bits per heavy atom. The second-order valence-electron chi connectivity index (χ2n) is 20.2. The van der Waals surface area contributed by atoms with Gasteiger partial charge in [-0.05, 0) is 101 Å². The average Bonchev–Trinajstić information content (AvgIpc) is 4.12. The van der Waals surface area contributed by atoms with Gasteiger partial charge in [-0.3, -0.25) is 28.8 Å². The molecule has 0 bridgehead atoms. The number of cyclic esters (lactones) is 1. The summed E-state index contributed by atoms with van der Waals surface area (Å²) >= 11 is 0. The number of carboxylic acid groups (broad SMARTS) is 1. The molecule has 0 saturated heterocycles. The number of aliphatic hydroxyl groups is 1. The summed E-state index contributed by atoms with van der Waals surface area (Å²) in [4.78, 5) is 104. The molecular weight excluding hydrogens is 1070 g/mol. The van der Waals surface area contributed by atoms with Gasteiger partial charge in [0.25, 0.3) is 12.0 Å². The van der Waals surface area contributed by atoms with Crippen molar-refractivity contribution >= 4 is 56.8 Å². The molecule has 7 rings (SSSR count). The van der Waals surface area contributed by atoms with E-state index in [9.17, 15) is 42.3 Å². The number of nitrogens with zero attached hydrogens (tertiary/aromatic N) is 5. The Kier molecular flexibility index (Phi) is 22.6. The van der Waals surface area contributed by atoms with Gasteiger partial charge < -0.3 is 59.9 Å². The summed E-state index contributed by atoms with van der Waals surface area (Å²) in [5, 5.41) is 29.8. The molecule has 6 heterocycles. The van der Waals surface area contributed by atoms with Crippen molar-refractivity contribution in [2.75, 3.05) is 52.6 Å². The first kappa shape index (κ1) is 62.7. The van der Waals surface area contributed by atoms with E-state index in [0.29, 0.717) is 72.5 Å². The molecule has 0 fully saturated rings. The fraction of sp³-hybridized carbons (Fsp3) is 0.536. The number of rotatable bonds is 27. The van der Waals surface area contributed by atoms with Crippen molar-refractivity contribution in [3.05, 3.63) is 68.8 Å².